The second-order valence-electron chi connectivity index (χ2n) is 5.00. The lowest BCUT2D eigenvalue weighted by Crippen LogP contribution is -2.40. The number of rotatable bonds is 6. The number of hydrogen-bond donors (Lipinski definition) is 1. The predicted molar refractivity (Wildman–Crippen MR) is 67.2 cm³/mol. The third-order valence-corrected chi connectivity index (χ3v) is 3.66. The fourth-order valence-corrected chi connectivity index (χ4v) is 2.71. The summed E-state index contributed by atoms with van der Waals surface area (Å²) in [4.78, 5) is 2.58. The Morgan fingerprint density at radius 1 is 1.40 bits per heavy atom. The second kappa shape index (κ2) is 7.24. The molecule has 2 atom stereocenters. The maximum Gasteiger partial charge on any atom is 0.00896 e. The van der Waals surface area contributed by atoms with E-state index < -0.39 is 0 Å². The molecule has 1 rings (SSSR count). The van der Waals surface area contributed by atoms with Crippen LogP contribution in [0.1, 0.15) is 46.0 Å². The Labute approximate surface area is 95.4 Å². The van der Waals surface area contributed by atoms with Crippen molar-refractivity contribution in [3.05, 3.63) is 0 Å². The minimum Gasteiger partial charge on any atom is -0.316 e. The van der Waals surface area contributed by atoms with Crippen LogP contribution in [0.5, 0.6) is 0 Å². The van der Waals surface area contributed by atoms with Gasteiger partial charge in [0.25, 0.3) is 0 Å². The Hall–Kier alpha value is -0.0800. The van der Waals surface area contributed by atoms with Crippen molar-refractivity contribution in [3.63, 3.8) is 0 Å². The molecule has 0 aromatic heterocycles. The van der Waals surface area contributed by atoms with Crippen molar-refractivity contribution in [2.24, 2.45) is 5.92 Å². The van der Waals surface area contributed by atoms with Gasteiger partial charge in [-0.05, 0) is 51.7 Å². The van der Waals surface area contributed by atoms with E-state index >= 15 is 0 Å². The van der Waals surface area contributed by atoms with Gasteiger partial charge in [-0.2, -0.15) is 0 Å². The van der Waals surface area contributed by atoms with Gasteiger partial charge in [0.05, 0.1) is 0 Å². The molecule has 1 saturated heterocycles. The minimum absolute atomic E-state index is 0.803. The SMILES string of the molecule is CCCC(CC)N(C)CC1CCCNC1. The Morgan fingerprint density at radius 3 is 2.73 bits per heavy atom. The van der Waals surface area contributed by atoms with Crippen LogP contribution < -0.4 is 5.32 Å². The van der Waals surface area contributed by atoms with Crippen molar-refractivity contribution >= 4 is 0 Å². The molecule has 0 saturated carbocycles. The number of nitrogens with zero attached hydrogens (tertiary/aromatic N) is 1. The number of hydrogen-bond acceptors (Lipinski definition) is 2. The summed E-state index contributed by atoms with van der Waals surface area (Å²) in [5.41, 5.74) is 0. The highest BCUT2D eigenvalue weighted by atomic mass is 15.1. The summed E-state index contributed by atoms with van der Waals surface area (Å²) in [6, 6.07) is 0.803. The maximum absolute atomic E-state index is 3.50. The van der Waals surface area contributed by atoms with Crippen molar-refractivity contribution in [2.75, 3.05) is 26.7 Å². The third-order valence-electron chi connectivity index (χ3n) is 3.66. The fourth-order valence-electron chi connectivity index (χ4n) is 2.71. The molecule has 1 fully saturated rings. The first kappa shape index (κ1) is 13.0. The van der Waals surface area contributed by atoms with Crippen LogP contribution in [0.2, 0.25) is 0 Å². The zero-order chi connectivity index (χ0) is 11.1. The molecule has 0 spiro atoms. The molecule has 0 aromatic carbocycles. The first-order chi connectivity index (χ1) is 7.27. The molecule has 0 aliphatic carbocycles. The quantitative estimate of drug-likeness (QED) is 0.728. The molecule has 1 heterocycles. The van der Waals surface area contributed by atoms with Crippen molar-refractivity contribution in [1.82, 2.24) is 10.2 Å². The average molecular weight is 212 g/mol. The summed E-state index contributed by atoms with van der Waals surface area (Å²) in [5, 5.41) is 3.50. The van der Waals surface area contributed by atoms with Crippen LogP contribution in [0.15, 0.2) is 0 Å². The van der Waals surface area contributed by atoms with Gasteiger partial charge in [0.2, 0.25) is 0 Å². The van der Waals surface area contributed by atoms with Gasteiger partial charge in [-0.3, -0.25) is 0 Å². The average Bonchev–Trinajstić information content (AvgIpc) is 2.27. The Kier molecular flexibility index (Phi) is 6.26. The number of nitrogens with one attached hydrogen (secondary N) is 1. The van der Waals surface area contributed by atoms with E-state index in [1.54, 1.807) is 0 Å². The third kappa shape index (κ3) is 4.52. The molecule has 90 valence electrons. The van der Waals surface area contributed by atoms with Gasteiger partial charge in [-0.25, -0.2) is 0 Å². The summed E-state index contributed by atoms with van der Waals surface area (Å²) in [6.45, 7) is 8.35. The van der Waals surface area contributed by atoms with Crippen LogP contribution in [0.25, 0.3) is 0 Å². The summed E-state index contributed by atoms with van der Waals surface area (Å²) >= 11 is 0. The summed E-state index contributed by atoms with van der Waals surface area (Å²) in [6.07, 6.45) is 6.74. The van der Waals surface area contributed by atoms with Crippen LogP contribution in [0.4, 0.5) is 0 Å². The van der Waals surface area contributed by atoms with E-state index in [4.69, 9.17) is 0 Å². The molecular formula is C13H28N2. The van der Waals surface area contributed by atoms with Crippen molar-refractivity contribution in [2.45, 2.75) is 52.0 Å². The zero-order valence-electron chi connectivity index (χ0n) is 10.8. The van der Waals surface area contributed by atoms with Gasteiger partial charge in [0.1, 0.15) is 0 Å². The lowest BCUT2D eigenvalue weighted by Gasteiger charge is -2.32. The molecule has 2 heteroatoms. The van der Waals surface area contributed by atoms with Gasteiger partial charge >= 0.3 is 0 Å². The van der Waals surface area contributed by atoms with Crippen molar-refractivity contribution < 1.29 is 0 Å². The van der Waals surface area contributed by atoms with Gasteiger partial charge in [-0.1, -0.05) is 20.3 Å². The standard InChI is InChI=1S/C13H28N2/c1-4-7-13(5-2)15(3)11-12-8-6-9-14-10-12/h12-14H,4-11H2,1-3H3. The molecule has 2 unspecified atom stereocenters. The van der Waals surface area contributed by atoms with Gasteiger partial charge < -0.3 is 10.2 Å². The molecule has 1 N–H and O–H groups in total. The molecule has 1 aliphatic heterocycles. The topological polar surface area (TPSA) is 15.3 Å². The molecule has 0 bridgehead atoms. The highest BCUT2D eigenvalue weighted by Crippen LogP contribution is 2.15. The summed E-state index contributed by atoms with van der Waals surface area (Å²) < 4.78 is 0. The molecule has 1 aliphatic rings. The molecular weight excluding hydrogens is 184 g/mol. The molecule has 0 aromatic rings. The lowest BCUT2D eigenvalue weighted by molar-refractivity contribution is 0.175. The van der Waals surface area contributed by atoms with Crippen LogP contribution in [0, 0.1) is 5.92 Å². The molecule has 2 nitrogen and oxygen atoms in total. The maximum atomic E-state index is 3.50. The van der Waals surface area contributed by atoms with Crippen LogP contribution >= 0.6 is 0 Å². The first-order valence-corrected chi connectivity index (χ1v) is 6.68. The highest BCUT2D eigenvalue weighted by Gasteiger charge is 2.18. The van der Waals surface area contributed by atoms with Crippen LogP contribution in [-0.2, 0) is 0 Å². The van der Waals surface area contributed by atoms with Crippen molar-refractivity contribution in [3.8, 4) is 0 Å². The Bertz CT molecular complexity index is 153. The van der Waals surface area contributed by atoms with Gasteiger partial charge in [-0.15, -0.1) is 0 Å². The predicted octanol–water partition coefficient (Wildman–Crippen LogP) is 2.50. The van der Waals surface area contributed by atoms with Crippen LogP contribution in [-0.4, -0.2) is 37.6 Å². The molecule has 0 amide bonds. The van der Waals surface area contributed by atoms with Gasteiger partial charge in [0, 0.05) is 12.6 Å². The second-order valence-corrected chi connectivity index (χ2v) is 5.00. The Balaban J connectivity index is 2.27. The van der Waals surface area contributed by atoms with E-state index in [-0.39, 0.29) is 0 Å². The van der Waals surface area contributed by atoms with E-state index in [0.717, 1.165) is 12.0 Å². The largest absolute Gasteiger partial charge is 0.316 e. The van der Waals surface area contributed by atoms with E-state index in [0.29, 0.717) is 0 Å². The molecule has 15 heavy (non-hydrogen) atoms. The molecule has 0 radical (unpaired) electrons. The number of piperidine rings is 1. The Morgan fingerprint density at radius 2 is 2.20 bits per heavy atom. The smallest absolute Gasteiger partial charge is 0.00896 e. The minimum atomic E-state index is 0.803. The van der Waals surface area contributed by atoms with E-state index in [1.165, 1.54) is 51.7 Å². The van der Waals surface area contributed by atoms with E-state index in [2.05, 4.69) is 31.1 Å². The normalized spacial score (nSPS) is 24.4. The van der Waals surface area contributed by atoms with E-state index in [9.17, 15) is 0 Å². The lowest BCUT2D eigenvalue weighted by atomic mass is 9.97. The first-order valence-electron chi connectivity index (χ1n) is 6.68. The zero-order valence-corrected chi connectivity index (χ0v) is 10.8. The monoisotopic (exact) mass is 212 g/mol. The van der Waals surface area contributed by atoms with Crippen molar-refractivity contribution in [1.29, 1.82) is 0 Å². The fraction of sp³-hybridized carbons (Fsp3) is 1.00. The highest BCUT2D eigenvalue weighted by molar-refractivity contribution is 4.75. The van der Waals surface area contributed by atoms with Gasteiger partial charge in [0.15, 0.2) is 0 Å². The van der Waals surface area contributed by atoms with E-state index in [1.807, 2.05) is 0 Å². The van der Waals surface area contributed by atoms with Crippen LogP contribution in [0.3, 0.4) is 0 Å². The summed E-state index contributed by atoms with van der Waals surface area (Å²) in [5.74, 6) is 0.884. The summed E-state index contributed by atoms with van der Waals surface area (Å²) in [7, 11) is 2.30.